The fourth-order valence-corrected chi connectivity index (χ4v) is 4.72. The molecule has 4 rings (SSSR count). The largest absolute Gasteiger partial charge is 0.391 e. The summed E-state index contributed by atoms with van der Waals surface area (Å²) in [5, 5.41) is 16.8. The topological polar surface area (TPSA) is 91.2 Å². The van der Waals surface area contributed by atoms with Gasteiger partial charge in [0.15, 0.2) is 0 Å². The van der Waals surface area contributed by atoms with Gasteiger partial charge in [-0.3, -0.25) is 9.78 Å². The molecule has 2 aromatic rings. The van der Waals surface area contributed by atoms with Crippen LogP contribution in [0.1, 0.15) is 23.5 Å². The highest BCUT2D eigenvalue weighted by atomic mass is 32.1. The van der Waals surface area contributed by atoms with E-state index in [1.807, 2.05) is 17.2 Å². The zero-order valence-electron chi connectivity index (χ0n) is 14.7. The lowest BCUT2D eigenvalue weighted by Crippen LogP contribution is -2.43. The molecule has 0 aromatic carbocycles. The molecule has 0 unspecified atom stereocenters. The number of likely N-dealkylation sites (tertiary alicyclic amines) is 1. The molecule has 2 fully saturated rings. The summed E-state index contributed by atoms with van der Waals surface area (Å²) in [5.41, 5.74) is 0.856. The molecule has 1 aliphatic carbocycles. The molecule has 2 N–H and O–H groups in total. The summed E-state index contributed by atoms with van der Waals surface area (Å²) in [4.78, 5) is 27.2. The van der Waals surface area contributed by atoms with Crippen LogP contribution in [0.5, 0.6) is 0 Å². The van der Waals surface area contributed by atoms with Gasteiger partial charge in [0, 0.05) is 30.9 Å². The van der Waals surface area contributed by atoms with Gasteiger partial charge >= 0.3 is 0 Å². The molecule has 26 heavy (non-hydrogen) atoms. The van der Waals surface area contributed by atoms with Crippen LogP contribution in [0.25, 0.3) is 0 Å². The first-order chi connectivity index (χ1) is 12.6. The van der Waals surface area contributed by atoms with Crippen molar-refractivity contribution in [2.75, 3.05) is 18.4 Å². The van der Waals surface area contributed by atoms with Crippen molar-refractivity contribution < 1.29 is 9.90 Å². The molecule has 1 saturated heterocycles. The first-order valence-electron chi connectivity index (χ1n) is 8.98. The summed E-state index contributed by atoms with van der Waals surface area (Å²) in [6, 6.07) is -0.0517. The highest BCUT2D eigenvalue weighted by Crippen LogP contribution is 2.37. The second-order valence-corrected chi connectivity index (χ2v) is 8.30. The molecule has 2 aliphatic rings. The van der Waals surface area contributed by atoms with Gasteiger partial charge in [0.05, 0.1) is 35.5 Å². The van der Waals surface area contributed by atoms with Crippen LogP contribution in [-0.4, -0.2) is 56.1 Å². The van der Waals surface area contributed by atoms with E-state index >= 15 is 0 Å². The summed E-state index contributed by atoms with van der Waals surface area (Å²) < 4.78 is 0. The molecular formula is C18H23N5O2S. The molecule has 8 heteroatoms. The second kappa shape index (κ2) is 7.28. The first kappa shape index (κ1) is 17.4. The third-order valence-corrected chi connectivity index (χ3v) is 6.21. The van der Waals surface area contributed by atoms with Gasteiger partial charge in [0.1, 0.15) is 5.82 Å². The molecule has 3 heterocycles. The Kier molecular flexibility index (Phi) is 4.86. The van der Waals surface area contributed by atoms with Crippen molar-refractivity contribution in [3.63, 3.8) is 0 Å². The maximum absolute atomic E-state index is 12.6. The van der Waals surface area contributed by atoms with E-state index in [1.54, 1.807) is 29.9 Å². The van der Waals surface area contributed by atoms with E-state index in [4.69, 9.17) is 0 Å². The normalized spacial score (nSPS) is 28.0. The fraction of sp³-hybridized carbons (Fsp3) is 0.556. The minimum atomic E-state index is -0.436. The van der Waals surface area contributed by atoms with E-state index < -0.39 is 6.10 Å². The number of nitrogens with one attached hydrogen (secondary N) is 1. The number of carbonyl (C=O) groups excluding carboxylic acids is 1. The molecule has 1 aliphatic heterocycles. The van der Waals surface area contributed by atoms with Crippen LogP contribution in [0.15, 0.2) is 24.0 Å². The predicted octanol–water partition coefficient (Wildman–Crippen LogP) is 1.49. The number of hydrogen-bond donors (Lipinski definition) is 2. The van der Waals surface area contributed by atoms with Gasteiger partial charge in [-0.05, 0) is 31.6 Å². The average Bonchev–Trinajstić information content (AvgIpc) is 3.22. The number of thiazole rings is 1. The lowest BCUT2D eigenvalue weighted by Gasteiger charge is -2.35. The second-order valence-electron chi connectivity index (χ2n) is 7.23. The Hall–Kier alpha value is -2.06. The molecule has 7 nitrogen and oxygen atoms in total. The van der Waals surface area contributed by atoms with Crippen LogP contribution in [0.3, 0.4) is 0 Å². The standard InChI is InChI=1S/C18H23N5O2S/c1-11-21-14(10-26-11)6-18(25)23-8-12-4-15(16(24)5-13(12)9-23)22-17-7-19-2-3-20-17/h2-3,7,10,12-13,15-16,24H,4-6,8-9H2,1H3,(H,20,22)/t12-,13+,15-,16-/m1/s1. The Labute approximate surface area is 156 Å². The summed E-state index contributed by atoms with van der Waals surface area (Å²) in [7, 11) is 0. The minimum Gasteiger partial charge on any atom is -0.391 e. The van der Waals surface area contributed by atoms with Gasteiger partial charge in [-0.2, -0.15) is 0 Å². The van der Waals surface area contributed by atoms with Crippen LogP contribution in [0.4, 0.5) is 5.82 Å². The van der Waals surface area contributed by atoms with E-state index in [-0.39, 0.29) is 11.9 Å². The molecule has 0 radical (unpaired) electrons. The van der Waals surface area contributed by atoms with Crippen LogP contribution in [0, 0.1) is 18.8 Å². The maximum atomic E-state index is 12.6. The monoisotopic (exact) mass is 373 g/mol. The van der Waals surface area contributed by atoms with E-state index in [1.165, 1.54) is 0 Å². The number of rotatable bonds is 4. The van der Waals surface area contributed by atoms with E-state index in [0.29, 0.717) is 30.5 Å². The summed E-state index contributed by atoms with van der Waals surface area (Å²) in [5.74, 6) is 1.59. The number of nitrogens with zero attached hydrogens (tertiary/aromatic N) is 4. The predicted molar refractivity (Wildman–Crippen MR) is 98.8 cm³/mol. The molecule has 4 atom stereocenters. The number of fused-ring (bicyclic) bond motifs is 1. The summed E-state index contributed by atoms with van der Waals surface area (Å²) >= 11 is 1.58. The lowest BCUT2D eigenvalue weighted by atomic mass is 9.77. The smallest absolute Gasteiger partial charge is 0.228 e. The van der Waals surface area contributed by atoms with Crippen LogP contribution in [-0.2, 0) is 11.2 Å². The van der Waals surface area contributed by atoms with Gasteiger partial charge in [0.2, 0.25) is 5.91 Å². The van der Waals surface area contributed by atoms with E-state index in [0.717, 1.165) is 30.2 Å². The number of aromatic nitrogens is 3. The van der Waals surface area contributed by atoms with Crippen molar-refractivity contribution in [2.24, 2.45) is 11.8 Å². The summed E-state index contributed by atoms with van der Waals surface area (Å²) in [6.45, 7) is 3.45. The quantitative estimate of drug-likeness (QED) is 0.844. The summed E-state index contributed by atoms with van der Waals surface area (Å²) in [6.07, 6.45) is 6.41. The number of aliphatic hydroxyl groups is 1. The Morgan fingerprint density at radius 2 is 2.15 bits per heavy atom. The maximum Gasteiger partial charge on any atom is 0.228 e. The molecule has 2 aromatic heterocycles. The van der Waals surface area contributed by atoms with Gasteiger partial charge in [-0.25, -0.2) is 9.97 Å². The van der Waals surface area contributed by atoms with E-state index in [9.17, 15) is 9.90 Å². The zero-order chi connectivity index (χ0) is 18.1. The molecule has 0 spiro atoms. The van der Waals surface area contributed by atoms with Gasteiger partial charge < -0.3 is 15.3 Å². The lowest BCUT2D eigenvalue weighted by molar-refractivity contribution is -0.129. The minimum absolute atomic E-state index is 0.0517. The molecule has 1 saturated carbocycles. The van der Waals surface area contributed by atoms with Crippen LogP contribution >= 0.6 is 11.3 Å². The Morgan fingerprint density at radius 1 is 1.35 bits per heavy atom. The van der Waals surface area contributed by atoms with Crippen molar-refractivity contribution >= 4 is 23.1 Å². The Balaban J connectivity index is 1.36. The number of hydrogen-bond acceptors (Lipinski definition) is 7. The number of aliphatic hydroxyl groups excluding tert-OH is 1. The Bertz CT molecular complexity index is 768. The number of amides is 1. The molecule has 1 amide bonds. The molecule has 0 bridgehead atoms. The van der Waals surface area contributed by atoms with E-state index in [2.05, 4.69) is 20.3 Å². The fourth-order valence-electron chi connectivity index (χ4n) is 4.11. The molecule has 138 valence electrons. The van der Waals surface area contributed by atoms with Gasteiger partial charge in [0.25, 0.3) is 0 Å². The highest BCUT2D eigenvalue weighted by molar-refractivity contribution is 7.09. The van der Waals surface area contributed by atoms with Crippen molar-refractivity contribution in [3.05, 3.63) is 34.7 Å². The van der Waals surface area contributed by atoms with Gasteiger partial charge in [-0.15, -0.1) is 11.3 Å². The SMILES string of the molecule is Cc1nc(CC(=O)N2C[C@H]3C[C@@H](Nc4cnccn4)[C@H](O)C[C@H]3C2)cs1. The van der Waals surface area contributed by atoms with Crippen LogP contribution in [0.2, 0.25) is 0 Å². The van der Waals surface area contributed by atoms with Crippen molar-refractivity contribution in [3.8, 4) is 0 Å². The third-order valence-electron chi connectivity index (χ3n) is 5.39. The molecular weight excluding hydrogens is 350 g/mol. The highest BCUT2D eigenvalue weighted by Gasteiger charge is 2.43. The average molecular weight is 373 g/mol. The first-order valence-corrected chi connectivity index (χ1v) is 9.86. The zero-order valence-corrected chi connectivity index (χ0v) is 15.5. The van der Waals surface area contributed by atoms with Crippen molar-refractivity contribution in [1.82, 2.24) is 19.9 Å². The third kappa shape index (κ3) is 3.71. The Morgan fingerprint density at radius 3 is 2.85 bits per heavy atom. The number of aryl methyl sites for hydroxylation is 1. The van der Waals surface area contributed by atoms with Crippen LogP contribution < -0.4 is 5.32 Å². The van der Waals surface area contributed by atoms with Crippen molar-refractivity contribution in [1.29, 1.82) is 0 Å². The van der Waals surface area contributed by atoms with Crippen molar-refractivity contribution in [2.45, 2.75) is 38.3 Å². The number of carbonyl (C=O) groups is 1. The number of anilines is 1. The van der Waals surface area contributed by atoms with Gasteiger partial charge in [-0.1, -0.05) is 0 Å².